The number of aliphatic hydroxyl groups is 2. The van der Waals surface area contributed by atoms with E-state index in [1.807, 2.05) is 5.57 Å². The van der Waals surface area contributed by atoms with Gasteiger partial charge in [-0.05, 0) is 103 Å². The SMILES string of the molecule is CC(CO)CCCC(C)C1CCC2(C)C3=CCC4C(C)(C)C(O)CCC4(C)C3CCC12C. The topological polar surface area (TPSA) is 40.5 Å². The van der Waals surface area contributed by atoms with Crippen molar-refractivity contribution in [2.45, 2.75) is 119 Å². The maximum Gasteiger partial charge on any atom is 0.0594 e. The van der Waals surface area contributed by atoms with Crippen molar-refractivity contribution in [3.05, 3.63) is 11.6 Å². The summed E-state index contributed by atoms with van der Waals surface area (Å²) in [5.74, 6) is 3.37. The highest BCUT2D eigenvalue weighted by Crippen LogP contribution is 2.73. The van der Waals surface area contributed by atoms with E-state index in [1.165, 1.54) is 44.9 Å². The fourth-order valence-corrected chi connectivity index (χ4v) is 9.73. The van der Waals surface area contributed by atoms with Gasteiger partial charge in [-0.2, -0.15) is 0 Å². The molecule has 32 heavy (non-hydrogen) atoms. The third-order valence-corrected chi connectivity index (χ3v) is 12.2. The van der Waals surface area contributed by atoms with Crippen molar-refractivity contribution in [2.75, 3.05) is 6.61 Å². The molecule has 0 radical (unpaired) electrons. The summed E-state index contributed by atoms with van der Waals surface area (Å²) < 4.78 is 0. The van der Waals surface area contributed by atoms with Crippen molar-refractivity contribution >= 4 is 0 Å². The van der Waals surface area contributed by atoms with Crippen molar-refractivity contribution in [1.82, 2.24) is 0 Å². The summed E-state index contributed by atoms with van der Waals surface area (Å²) in [6.07, 6.45) is 15.1. The average molecular weight is 445 g/mol. The Balaban J connectivity index is 1.57. The lowest BCUT2D eigenvalue weighted by molar-refractivity contribution is -0.131. The van der Waals surface area contributed by atoms with Crippen LogP contribution in [0, 0.1) is 51.2 Å². The summed E-state index contributed by atoms with van der Waals surface area (Å²) in [5, 5.41) is 20.2. The first-order chi connectivity index (χ1) is 14.9. The first kappa shape index (κ1) is 24.8. The lowest BCUT2D eigenvalue weighted by atomic mass is 9.41. The van der Waals surface area contributed by atoms with Crippen LogP contribution in [0.25, 0.3) is 0 Å². The normalized spacial score (nSPS) is 47.1. The fraction of sp³-hybridized carbons (Fsp3) is 0.933. The number of rotatable bonds is 6. The van der Waals surface area contributed by atoms with Crippen LogP contribution in [0.1, 0.15) is 113 Å². The molecule has 4 aliphatic carbocycles. The maximum absolute atomic E-state index is 10.8. The summed E-state index contributed by atoms with van der Waals surface area (Å²) in [7, 11) is 0. The standard InChI is InChI=1S/C30H52O2/c1-20(19-31)9-8-10-21(2)22-13-17-30(7)24-11-12-25-27(3,4)26(32)15-16-28(25,5)23(24)14-18-29(22,30)6/h11,20-23,25-26,31-32H,8-10,12-19H2,1-7H3. The van der Waals surface area contributed by atoms with Crippen molar-refractivity contribution in [3.63, 3.8) is 0 Å². The van der Waals surface area contributed by atoms with E-state index < -0.39 is 0 Å². The zero-order valence-corrected chi connectivity index (χ0v) is 22.2. The van der Waals surface area contributed by atoms with Crippen molar-refractivity contribution in [3.8, 4) is 0 Å². The van der Waals surface area contributed by atoms with Crippen molar-refractivity contribution in [2.24, 2.45) is 51.2 Å². The lowest BCUT2D eigenvalue weighted by Gasteiger charge is -2.64. The molecule has 2 nitrogen and oxygen atoms in total. The molecule has 9 atom stereocenters. The van der Waals surface area contributed by atoms with Crippen LogP contribution in [0.4, 0.5) is 0 Å². The van der Waals surface area contributed by atoms with E-state index in [0.29, 0.717) is 40.6 Å². The minimum atomic E-state index is -0.148. The molecule has 0 aromatic rings. The molecule has 0 saturated heterocycles. The summed E-state index contributed by atoms with van der Waals surface area (Å²) in [4.78, 5) is 0. The Morgan fingerprint density at radius 2 is 1.69 bits per heavy atom. The van der Waals surface area contributed by atoms with Crippen LogP contribution in [-0.2, 0) is 0 Å². The third kappa shape index (κ3) is 3.48. The lowest BCUT2D eigenvalue weighted by Crippen LogP contribution is -2.58. The van der Waals surface area contributed by atoms with Gasteiger partial charge in [0.05, 0.1) is 6.10 Å². The van der Waals surface area contributed by atoms with E-state index >= 15 is 0 Å². The van der Waals surface area contributed by atoms with Crippen LogP contribution in [0.5, 0.6) is 0 Å². The molecule has 3 fully saturated rings. The molecule has 2 heteroatoms. The first-order valence-electron chi connectivity index (χ1n) is 13.9. The zero-order chi connectivity index (χ0) is 23.5. The number of allylic oxidation sites excluding steroid dienone is 2. The average Bonchev–Trinajstić information content (AvgIpc) is 3.02. The van der Waals surface area contributed by atoms with Gasteiger partial charge in [-0.15, -0.1) is 0 Å². The molecule has 2 N–H and O–H groups in total. The van der Waals surface area contributed by atoms with Crippen molar-refractivity contribution in [1.29, 1.82) is 0 Å². The first-order valence-corrected chi connectivity index (χ1v) is 13.9. The van der Waals surface area contributed by atoms with Crippen LogP contribution in [0.2, 0.25) is 0 Å². The second kappa shape index (κ2) is 8.40. The second-order valence-corrected chi connectivity index (χ2v) is 14.0. The molecule has 0 aromatic heterocycles. The number of aliphatic hydroxyl groups excluding tert-OH is 2. The largest absolute Gasteiger partial charge is 0.396 e. The van der Waals surface area contributed by atoms with E-state index in [2.05, 4.69) is 54.5 Å². The zero-order valence-electron chi connectivity index (χ0n) is 22.2. The Hall–Kier alpha value is -0.340. The minimum Gasteiger partial charge on any atom is -0.396 e. The van der Waals surface area contributed by atoms with Gasteiger partial charge in [0.25, 0.3) is 0 Å². The third-order valence-electron chi connectivity index (χ3n) is 12.2. The van der Waals surface area contributed by atoms with E-state index in [9.17, 15) is 10.2 Å². The van der Waals surface area contributed by atoms with Crippen molar-refractivity contribution < 1.29 is 10.2 Å². The van der Waals surface area contributed by atoms with Gasteiger partial charge < -0.3 is 10.2 Å². The quantitative estimate of drug-likeness (QED) is 0.419. The predicted octanol–water partition coefficient (Wildman–Crippen LogP) is 7.39. The highest BCUT2D eigenvalue weighted by molar-refractivity contribution is 5.33. The summed E-state index contributed by atoms with van der Waals surface area (Å²) >= 11 is 0. The molecule has 0 spiro atoms. The Kier molecular flexibility index (Phi) is 6.50. The van der Waals surface area contributed by atoms with Gasteiger partial charge in [-0.3, -0.25) is 0 Å². The highest BCUT2D eigenvalue weighted by Gasteiger charge is 2.65. The Bertz CT molecular complexity index is 724. The molecule has 184 valence electrons. The molecule has 4 rings (SSSR count). The molecule has 0 aromatic carbocycles. The van der Waals surface area contributed by atoms with Crippen LogP contribution in [0.15, 0.2) is 11.6 Å². The van der Waals surface area contributed by atoms with Crippen LogP contribution >= 0.6 is 0 Å². The molecule has 0 aliphatic heterocycles. The van der Waals surface area contributed by atoms with E-state index in [-0.39, 0.29) is 11.5 Å². The molecule has 3 saturated carbocycles. The number of hydrogen-bond acceptors (Lipinski definition) is 2. The van der Waals surface area contributed by atoms with Gasteiger partial charge in [0.1, 0.15) is 0 Å². The Labute approximate surface area is 198 Å². The highest BCUT2D eigenvalue weighted by atomic mass is 16.3. The molecule has 0 bridgehead atoms. The van der Waals surface area contributed by atoms with E-state index in [0.717, 1.165) is 31.1 Å². The fourth-order valence-electron chi connectivity index (χ4n) is 9.73. The summed E-state index contributed by atoms with van der Waals surface area (Å²) in [6, 6.07) is 0. The van der Waals surface area contributed by atoms with E-state index in [1.54, 1.807) is 0 Å². The second-order valence-electron chi connectivity index (χ2n) is 14.0. The molecular weight excluding hydrogens is 392 g/mol. The molecule has 4 aliphatic rings. The maximum atomic E-state index is 10.8. The van der Waals surface area contributed by atoms with Crippen LogP contribution in [0.3, 0.4) is 0 Å². The molecule has 0 amide bonds. The Morgan fingerprint density at radius 1 is 0.969 bits per heavy atom. The van der Waals surface area contributed by atoms with Crippen LogP contribution < -0.4 is 0 Å². The van der Waals surface area contributed by atoms with E-state index in [4.69, 9.17) is 0 Å². The monoisotopic (exact) mass is 444 g/mol. The minimum absolute atomic E-state index is 0.0229. The molecule has 9 unspecified atom stereocenters. The van der Waals surface area contributed by atoms with Gasteiger partial charge in [0.2, 0.25) is 0 Å². The number of hydrogen-bond donors (Lipinski definition) is 2. The molecular formula is C30H52O2. The van der Waals surface area contributed by atoms with Gasteiger partial charge in [0, 0.05) is 6.61 Å². The van der Waals surface area contributed by atoms with Gasteiger partial charge >= 0.3 is 0 Å². The smallest absolute Gasteiger partial charge is 0.0594 e. The van der Waals surface area contributed by atoms with Crippen LogP contribution in [-0.4, -0.2) is 22.9 Å². The van der Waals surface area contributed by atoms with Gasteiger partial charge in [-0.1, -0.05) is 73.0 Å². The molecule has 0 heterocycles. The van der Waals surface area contributed by atoms with Gasteiger partial charge in [-0.25, -0.2) is 0 Å². The predicted molar refractivity (Wildman–Crippen MR) is 134 cm³/mol. The number of fused-ring (bicyclic) bond motifs is 5. The van der Waals surface area contributed by atoms with Gasteiger partial charge in [0.15, 0.2) is 0 Å². The Morgan fingerprint density at radius 3 is 2.38 bits per heavy atom. The summed E-state index contributed by atoms with van der Waals surface area (Å²) in [5.41, 5.74) is 2.96. The summed E-state index contributed by atoms with van der Waals surface area (Å²) in [6.45, 7) is 17.6.